The summed E-state index contributed by atoms with van der Waals surface area (Å²) in [7, 11) is 1.85. The normalized spacial score (nSPS) is 21.7. The summed E-state index contributed by atoms with van der Waals surface area (Å²) in [4.78, 5) is 25.2. The van der Waals surface area contributed by atoms with Gasteiger partial charge in [-0.05, 0) is 43.9 Å². The number of aryl methyl sites for hydroxylation is 1. The molecule has 3 rings (SSSR count). The molecule has 8 nitrogen and oxygen atoms in total. The number of hydrogen-bond acceptors (Lipinski definition) is 4. The van der Waals surface area contributed by atoms with Crippen molar-refractivity contribution in [3.8, 4) is 0 Å². The molecule has 0 aromatic carbocycles. The van der Waals surface area contributed by atoms with Crippen LogP contribution in [0.15, 0.2) is 36.8 Å². The topological polar surface area (TPSA) is 90.2 Å². The molecule has 2 heterocycles. The van der Waals surface area contributed by atoms with E-state index in [-0.39, 0.29) is 29.9 Å². The van der Waals surface area contributed by atoms with E-state index in [1.807, 2.05) is 31.6 Å². The van der Waals surface area contributed by atoms with E-state index in [2.05, 4.69) is 22.7 Å². The van der Waals surface area contributed by atoms with Gasteiger partial charge in [0.1, 0.15) is 5.69 Å². The van der Waals surface area contributed by atoms with E-state index >= 15 is 0 Å². The van der Waals surface area contributed by atoms with Gasteiger partial charge in [-0.15, -0.1) is 0 Å². The van der Waals surface area contributed by atoms with Gasteiger partial charge in [0.05, 0.1) is 18.7 Å². The maximum atomic E-state index is 12.6. The lowest BCUT2D eigenvalue weighted by Crippen LogP contribution is -2.50. The van der Waals surface area contributed by atoms with Crippen LogP contribution in [0.5, 0.6) is 0 Å². The fourth-order valence-electron chi connectivity index (χ4n) is 3.80. The van der Waals surface area contributed by atoms with Gasteiger partial charge >= 0.3 is 0 Å². The Kier molecular flexibility index (Phi) is 7.46. The highest BCUT2D eigenvalue weighted by Gasteiger charge is 2.35. The second kappa shape index (κ2) is 10.2. The van der Waals surface area contributed by atoms with Crippen molar-refractivity contribution in [1.82, 2.24) is 25.0 Å². The van der Waals surface area contributed by atoms with Crippen molar-refractivity contribution >= 4 is 11.8 Å². The highest BCUT2D eigenvalue weighted by atomic mass is 16.5. The Morgan fingerprint density at radius 1 is 1.28 bits per heavy atom. The lowest BCUT2D eigenvalue weighted by molar-refractivity contribution is -0.128. The van der Waals surface area contributed by atoms with Crippen LogP contribution < -0.4 is 10.6 Å². The molecule has 3 atom stereocenters. The molecule has 1 aliphatic carbocycles. The molecule has 158 valence electrons. The monoisotopic (exact) mass is 401 g/mol. The minimum absolute atomic E-state index is 0.0504. The van der Waals surface area contributed by atoms with Crippen LogP contribution in [-0.2, 0) is 23.1 Å². The Bertz CT molecular complexity index is 786. The number of amides is 2. The average molecular weight is 402 g/mol. The molecule has 2 aromatic heterocycles. The van der Waals surface area contributed by atoms with Gasteiger partial charge < -0.3 is 19.9 Å². The van der Waals surface area contributed by atoms with Crippen LogP contribution in [0, 0.1) is 5.92 Å². The van der Waals surface area contributed by atoms with Crippen LogP contribution in [0.1, 0.15) is 43.1 Å². The standard InChI is InChI=1S/C21H31N5O3/c1-3-14-29-19-15-16(20(27)22-10-13-26-12-5-9-23-26)7-8-17(19)24-21(28)18-6-4-11-25(18)2/h4-6,9,11-12,16-17,19H,3,7-8,10,13-15H2,1-2H3,(H,22,27)(H,24,28)/t16-,17+,19+/m0/s1. The van der Waals surface area contributed by atoms with E-state index in [0.717, 1.165) is 19.3 Å². The molecule has 1 saturated carbocycles. The summed E-state index contributed by atoms with van der Waals surface area (Å²) < 4.78 is 9.62. The van der Waals surface area contributed by atoms with E-state index < -0.39 is 0 Å². The quantitative estimate of drug-likeness (QED) is 0.670. The van der Waals surface area contributed by atoms with Crippen LogP contribution in [-0.4, -0.2) is 51.5 Å². The molecule has 0 spiro atoms. The molecule has 2 aromatic rings. The van der Waals surface area contributed by atoms with E-state index in [9.17, 15) is 9.59 Å². The Hall–Kier alpha value is -2.61. The molecule has 0 saturated heterocycles. The van der Waals surface area contributed by atoms with Gasteiger partial charge in [-0.3, -0.25) is 14.3 Å². The molecule has 2 amide bonds. The van der Waals surface area contributed by atoms with Crippen LogP contribution in [0.4, 0.5) is 0 Å². The summed E-state index contributed by atoms with van der Waals surface area (Å²) in [6, 6.07) is 5.43. The van der Waals surface area contributed by atoms with Crippen LogP contribution in [0.25, 0.3) is 0 Å². The zero-order chi connectivity index (χ0) is 20.6. The van der Waals surface area contributed by atoms with Gasteiger partial charge in [0.15, 0.2) is 0 Å². The highest BCUT2D eigenvalue weighted by molar-refractivity contribution is 5.93. The van der Waals surface area contributed by atoms with Crippen molar-refractivity contribution in [1.29, 1.82) is 0 Å². The molecular weight excluding hydrogens is 370 g/mol. The number of aromatic nitrogens is 3. The van der Waals surface area contributed by atoms with Crippen molar-refractivity contribution in [3.63, 3.8) is 0 Å². The van der Waals surface area contributed by atoms with Gasteiger partial charge in [0, 0.05) is 44.7 Å². The number of carbonyl (C=O) groups is 2. The van der Waals surface area contributed by atoms with Crippen molar-refractivity contribution in [2.45, 2.75) is 51.3 Å². The second-order valence-corrected chi connectivity index (χ2v) is 7.56. The number of carbonyl (C=O) groups excluding carboxylic acids is 2. The maximum Gasteiger partial charge on any atom is 0.268 e. The first kappa shape index (κ1) is 21.1. The van der Waals surface area contributed by atoms with Gasteiger partial charge in [-0.25, -0.2) is 0 Å². The number of nitrogens with zero attached hydrogens (tertiary/aromatic N) is 3. The Morgan fingerprint density at radius 2 is 2.14 bits per heavy atom. The van der Waals surface area contributed by atoms with Crippen molar-refractivity contribution < 1.29 is 14.3 Å². The number of ether oxygens (including phenoxy) is 1. The zero-order valence-electron chi connectivity index (χ0n) is 17.2. The molecular formula is C21H31N5O3. The SMILES string of the molecule is CCCO[C@@H]1C[C@@H](C(=O)NCCn2cccn2)CC[C@H]1NC(=O)c1cccn1C. The van der Waals surface area contributed by atoms with Crippen molar-refractivity contribution in [2.75, 3.05) is 13.2 Å². The average Bonchev–Trinajstić information content (AvgIpc) is 3.38. The first-order chi connectivity index (χ1) is 14.1. The summed E-state index contributed by atoms with van der Waals surface area (Å²) in [5.74, 6) is -0.151. The van der Waals surface area contributed by atoms with Gasteiger partial charge in [-0.1, -0.05) is 6.92 Å². The molecule has 29 heavy (non-hydrogen) atoms. The fraction of sp³-hybridized carbons (Fsp3) is 0.571. The summed E-state index contributed by atoms with van der Waals surface area (Å²) in [6.07, 6.45) is 8.27. The lowest BCUT2D eigenvalue weighted by atomic mass is 9.83. The molecule has 0 unspecified atom stereocenters. The van der Waals surface area contributed by atoms with E-state index in [4.69, 9.17) is 4.74 Å². The first-order valence-corrected chi connectivity index (χ1v) is 10.4. The number of hydrogen-bond donors (Lipinski definition) is 2. The number of nitrogens with one attached hydrogen (secondary N) is 2. The predicted molar refractivity (Wildman–Crippen MR) is 109 cm³/mol. The van der Waals surface area contributed by atoms with E-state index in [1.54, 1.807) is 21.5 Å². The predicted octanol–water partition coefficient (Wildman–Crippen LogP) is 1.73. The Labute approximate surface area is 171 Å². The fourth-order valence-corrected chi connectivity index (χ4v) is 3.80. The van der Waals surface area contributed by atoms with Gasteiger partial charge in [0.25, 0.3) is 5.91 Å². The molecule has 0 bridgehead atoms. The minimum Gasteiger partial charge on any atom is -0.376 e. The second-order valence-electron chi connectivity index (χ2n) is 7.56. The summed E-state index contributed by atoms with van der Waals surface area (Å²) in [5, 5.41) is 10.3. The molecule has 1 aliphatic rings. The van der Waals surface area contributed by atoms with Gasteiger partial charge in [0.2, 0.25) is 5.91 Å². The highest BCUT2D eigenvalue weighted by Crippen LogP contribution is 2.27. The molecule has 0 radical (unpaired) electrons. The van der Waals surface area contributed by atoms with Gasteiger partial charge in [-0.2, -0.15) is 5.10 Å². The Morgan fingerprint density at radius 3 is 2.83 bits per heavy atom. The number of rotatable bonds is 9. The maximum absolute atomic E-state index is 12.6. The molecule has 2 N–H and O–H groups in total. The van der Waals surface area contributed by atoms with Crippen LogP contribution >= 0.6 is 0 Å². The summed E-state index contributed by atoms with van der Waals surface area (Å²) in [5.41, 5.74) is 0.623. The largest absolute Gasteiger partial charge is 0.376 e. The third kappa shape index (κ3) is 5.69. The lowest BCUT2D eigenvalue weighted by Gasteiger charge is -2.36. The third-order valence-corrected chi connectivity index (χ3v) is 5.39. The van der Waals surface area contributed by atoms with E-state index in [1.165, 1.54) is 0 Å². The minimum atomic E-state index is -0.158. The molecule has 0 aliphatic heterocycles. The first-order valence-electron chi connectivity index (χ1n) is 10.4. The summed E-state index contributed by atoms with van der Waals surface area (Å²) >= 11 is 0. The van der Waals surface area contributed by atoms with Crippen LogP contribution in [0.3, 0.4) is 0 Å². The van der Waals surface area contributed by atoms with Crippen molar-refractivity contribution in [3.05, 3.63) is 42.5 Å². The molecule has 8 heteroatoms. The molecule has 1 fully saturated rings. The van der Waals surface area contributed by atoms with E-state index in [0.29, 0.717) is 31.8 Å². The van der Waals surface area contributed by atoms with Crippen LogP contribution in [0.2, 0.25) is 0 Å². The Balaban J connectivity index is 1.53. The smallest absolute Gasteiger partial charge is 0.268 e. The zero-order valence-corrected chi connectivity index (χ0v) is 17.2. The summed E-state index contributed by atoms with van der Waals surface area (Å²) in [6.45, 7) is 3.87. The van der Waals surface area contributed by atoms with Crippen molar-refractivity contribution in [2.24, 2.45) is 13.0 Å². The third-order valence-electron chi connectivity index (χ3n) is 5.39.